The van der Waals surface area contributed by atoms with E-state index in [4.69, 9.17) is 14.5 Å². The minimum Gasteiger partial charge on any atom is -0.461 e. The topological polar surface area (TPSA) is 53.6 Å². The van der Waals surface area contributed by atoms with Crippen molar-refractivity contribution in [2.75, 3.05) is 0 Å². The summed E-state index contributed by atoms with van der Waals surface area (Å²) in [7, 11) is -1.42. The zero-order valence-electron chi connectivity index (χ0n) is 7.19. The minimum atomic E-state index is -1.42. The van der Waals surface area contributed by atoms with Crippen LogP contribution in [0.25, 0.3) is 11.0 Å². The molecule has 0 amide bonds. The molecule has 0 spiro atoms. The van der Waals surface area contributed by atoms with Crippen LogP contribution >= 0.6 is 0 Å². The molecule has 0 unspecified atom stereocenters. The van der Waals surface area contributed by atoms with Gasteiger partial charge in [0.1, 0.15) is 11.3 Å². The molecule has 1 aromatic heterocycles. The van der Waals surface area contributed by atoms with Crippen molar-refractivity contribution in [1.29, 1.82) is 0 Å². The number of fused-ring (bicyclic) bond motifs is 1. The van der Waals surface area contributed by atoms with Crippen molar-refractivity contribution in [2.24, 2.45) is 0 Å². The fourth-order valence-corrected chi connectivity index (χ4v) is 1.36. The molecule has 2 rings (SSSR count). The van der Waals surface area contributed by atoms with Crippen LogP contribution in [0.15, 0.2) is 28.7 Å². The summed E-state index contributed by atoms with van der Waals surface area (Å²) in [4.78, 5) is 0. The van der Waals surface area contributed by atoms with Crippen LogP contribution in [0.5, 0.6) is 0 Å². The average Bonchev–Trinajstić information content (AvgIpc) is 2.42. The second-order valence-electron chi connectivity index (χ2n) is 3.03. The fraction of sp³-hybridized carbons (Fsp3) is 0.111. The fourth-order valence-electron chi connectivity index (χ4n) is 1.36. The summed E-state index contributed by atoms with van der Waals surface area (Å²) in [5, 5.41) is 18.7. The Balaban J connectivity index is 2.61. The third-order valence-electron chi connectivity index (χ3n) is 1.96. The summed E-state index contributed by atoms with van der Waals surface area (Å²) in [6.07, 6.45) is 0. The zero-order valence-corrected chi connectivity index (χ0v) is 7.19. The predicted molar refractivity (Wildman–Crippen MR) is 50.8 cm³/mol. The summed E-state index contributed by atoms with van der Waals surface area (Å²) in [6, 6.07) is 6.94. The van der Waals surface area contributed by atoms with Gasteiger partial charge in [-0.15, -0.1) is 0 Å². The van der Waals surface area contributed by atoms with Crippen LogP contribution in [-0.4, -0.2) is 17.2 Å². The van der Waals surface area contributed by atoms with Crippen LogP contribution in [0.2, 0.25) is 0 Å². The van der Waals surface area contributed by atoms with Gasteiger partial charge in [-0.1, -0.05) is 12.1 Å². The highest BCUT2D eigenvalue weighted by molar-refractivity contribution is 6.58. The van der Waals surface area contributed by atoms with Gasteiger partial charge in [-0.3, -0.25) is 0 Å². The molecule has 0 aliphatic carbocycles. The first kappa shape index (κ1) is 8.35. The monoisotopic (exact) mass is 176 g/mol. The van der Waals surface area contributed by atoms with Crippen LogP contribution in [-0.2, 0) is 0 Å². The number of hydrogen-bond acceptors (Lipinski definition) is 3. The highest BCUT2D eigenvalue weighted by atomic mass is 16.4. The number of hydrogen-bond donors (Lipinski definition) is 2. The predicted octanol–water partition coefficient (Wildman–Crippen LogP) is 0.421. The highest BCUT2D eigenvalue weighted by Gasteiger charge is 2.11. The second kappa shape index (κ2) is 2.90. The van der Waals surface area contributed by atoms with Crippen molar-refractivity contribution in [3.8, 4) is 0 Å². The molecule has 0 bridgehead atoms. The van der Waals surface area contributed by atoms with Gasteiger partial charge in [-0.25, -0.2) is 0 Å². The Morgan fingerprint density at radius 2 is 2.00 bits per heavy atom. The van der Waals surface area contributed by atoms with Crippen molar-refractivity contribution in [3.05, 3.63) is 30.0 Å². The van der Waals surface area contributed by atoms with Gasteiger partial charge in [0, 0.05) is 5.39 Å². The average molecular weight is 176 g/mol. The first-order valence-corrected chi connectivity index (χ1v) is 4.03. The van der Waals surface area contributed by atoms with Crippen LogP contribution in [0.1, 0.15) is 5.76 Å². The van der Waals surface area contributed by atoms with Gasteiger partial charge < -0.3 is 14.5 Å². The molecule has 66 valence electrons. The number of aryl methyl sites for hydroxylation is 1. The molecule has 0 radical (unpaired) electrons. The van der Waals surface area contributed by atoms with Crippen LogP contribution in [0.4, 0.5) is 0 Å². The SMILES string of the molecule is Cc1cc2cc(B(O)O)ccc2o1. The molecule has 0 fully saturated rings. The van der Waals surface area contributed by atoms with E-state index in [1.165, 1.54) is 0 Å². The van der Waals surface area contributed by atoms with Crippen molar-refractivity contribution in [1.82, 2.24) is 0 Å². The number of furan rings is 1. The molecule has 2 aromatic rings. The Hall–Kier alpha value is -1.26. The third-order valence-corrected chi connectivity index (χ3v) is 1.96. The lowest BCUT2D eigenvalue weighted by atomic mass is 9.80. The quantitative estimate of drug-likeness (QED) is 0.619. The Kier molecular flexibility index (Phi) is 1.86. The second-order valence-corrected chi connectivity index (χ2v) is 3.03. The summed E-state index contributed by atoms with van der Waals surface area (Å²) >= 11 is 0. The Labute approximate surface area is 75.8 Å². The molecule has 3 nitrogen and oxygen atoms in total. The van der Waals surface area contributed by atoms with Gasteiger partial charge in [-0.05, 0) is 24.5 Å². The first-order chi connectivity index (χ1) is 6.16. The van der Waals surface area contributed by atoms with Gasteiger partial charge in [-0.2, -0.15) is 0 Å². The molecular weight excluding hydrogens is 167 g/mol. The Morgan fingerprint density at radius 3 is 2.69 bits per heavy atom. The first-order valence-electron chi connectivity index (χ1n) is 4.03. The van der Waals surface area contributed by atoms with E-state index in [0.717, 1.165) is 16.7 Å². The molecule has 0 aliphatic heterocycles. The van der Waals surface area contributed by atoms with E-state index >= 15 is 0 Å². The number of benzene rings is 1. The molecule has 0 atom stereocenters. The van der Waals surface area contributed by atoms with Gasteiger partial charge in [0.05, 0.1) is 0 Å². The smallest absolute Gasteiger partial charge is 0.461 e. The molecule has 1 heterocycles. The Morgan fingerprint density at radius 1 is 1.23 bits per heavy atom. The van der Waals surface area contributed by atoms with E-state index in [2.05, 4.69) is 0 Å². The van der Waals surface area contributed by atoms with E-state index < -0.39 is 7.12 Å². The van der Waals surface area contributed by atoms with Crippen LogP contribution in [0.3, 0.4) is 0 Å². The maximum atomic E-state index is 8.91. The van der Waals surface area contributed by atoms with Crippen molar-refractivity contribution >= 4 is 23.6 Å². The molecular formula is C9H9BO3. The van der Waals surface area contributed by atoms with Crippen molar-refractivity contribution < 1.29 is 14.5 Å². The normalized spacial score (nSPS) is 10.7. The minimum absolute atomic E-state index is 0.480. The van der Waals surface area contributed by atoms with E-state index in [1.54, 1.807) is 18.2 Å². The maximum Gasteiger partial charge on any atom is 0.488 e. The van der Waals surface area contributed by atoms with Crippen LogP contribution in [0, 0.1) is 6.92 Å². The Bertz CT molecular complexity index is 433. The van der Waals surface area contributed by atoms with Gasteiger partial charge in [0.2, 0.25) is 0 Å². The lowest BCUT2D eigenvalue weighted by Crippen LogP contribution is -2.29. The lowest BCUT2D eigenvalue weighted by Gasteiger charge is -1.97. The molecule has 0 saturated heterocycles. The number of rotatable bonds is 1. The highest BCUT2D eigenvalue weighted by Crippen LogP contribution is 2.16. The van der Waals surface area contributed by atoms with E-state index in [9.17, 15) is 0 Å². The molecule has 2 N–H and O–H groups in total. The molecule has 4 heteroatoms. The third kappa shape index (κ3) is 1.46. The lowest BCUT2D eigenvalue weighted by molar-refractivity contribution is 0.426. The molecule has 0 aliphatic rings. The van der Waals surface area contributed by atoms with Crippen molar-refractivity contribution in [3.63, 3.8) is 0 Å². The van der Waals surface area contributed by atoms with Crippen molar-refractivity contribution in [2.45, 2.75) is 6.92 Å². The van der Waals surface area contributed by atoms with Gasteiger partial charge in [0.15, 0.2) is 0 Å². The van der Waals surface area contributed by atoms with E-state index in [1.807, 2.05) is 13.0 Å². The van der Waals surface area contributed by atoms with E-state index in [-0.39, 0.29) is 0 Å². The van der Waals surface area contributed by atoms with Crippen LogP contribution < -0.4 is 5.46 Å². The van der Waals surface area contributed by atoms with E-state index in [0.29, 0.717) is 5.46 Å². The van der Waals surface area contributed by atoms with Gasteiger partial charge in [0.25, 0.3) is 0 Å². The summed E-state index contributed by atoms with van der Waals surface area (Å²) in [5.74, 6) is 0.819. The van der Waals surface area contributed by atoms with Gasteiger partial charge >= 0.3 is 7.12 Å². The summed E-state index contributed by atoms with van der Waals surface area (Å²) in [5.41, 5.74) is 1.25. The largest absolute Gasteiger partial charge is 0.488 e. The molecule has 0 saturated carbocycles. The standard InChI is InChI=1S/C9H9BO3/c1-6-4-7-5-8(10(11)12)2-3-9(7)13-6/h2-5,11-12H,1H3. The maximum absolute atomic E-state index is 8.91. The zero-order chi connectivity index (χ0) is 9.42. The summed E-state index contributed by atoms with van der Waals surface area (Å²) in [6.45, 7) is 1.86. The molecule has 1 aromatic carbocycles. The summed E-state index contributed by atoms with van der Waals surface area (Å²) < 4.78 is 5.34. The molecule has 13 heavy (non-hydrogen) atoms.